The van der Waals surface area contributed by atoms with Crippen LogP contribution in [0.2, 0.25) is 0 Å². The maximum absolute atomic E-state index is 13.4. The highest BCUT2D eigenvalue weighted by molar-refractivity contribution is 5.95. The lowest BCUT2D eigenvalue weighted by atomic mass is 9.89. The monoisotopic (exact) mass is 478 g/mol. The van der Waals surface area contributed by atoms with Crippen LogP contribution in [-0.4, -0.2) is 46.3 Å². The van der Waals surface area contributed by atoms with Gasteiger partial charge in [0.2, 0.25) is 5.91 Å². The molecule has 0 unspecified atom stereocenters. The van der Waals surface area contributed by atoms with Crippen LogP contribution >= 0.6 is 0 Å². The van der Waals surface area contributed by atoms with Crippen molar-refractivity contribution in [2.75, 3.05) is 6.54 Å². The van der Waals surface area contributed by atoms with Crippen molar-refractivity contribution < 1.29 is 14.3 Å². The third-order valence-electron chi connectivity index (χ3n) is 7.07. The van der Waals surface area contributed by atoms with E-state index < -0.39 is 5.54 Å². The van der Waals surface area contributed by atoms with Crippen molar-refractivity contribution in [2.24, 2.45) is 10.7 Å². The molecule has 1 aromatic rings. The SMILES string of the molecule is C/C=C\C1=C(C)OC(C)(C)C[C@@H]1NC(=O)c1ccc2c(c1)[C@H](N1CC(N)=NC(C)(C)CC1=O)CC2. The molecule has 0 bridgehead atoms. The number of amidine groups is 1. The van der Waals surface area contributed by atoms with Crippen molar-refractivity contribution in [2.45, 2.75) is 90.4 Å². The smallest absolute Gasteiger partial charge is 0.251 e. The summed E-state index contributed by atoms with van der Waals surface area (Å²) < 4.78 is 6.06. The number of hydrogen-bond donors (Lipinski definition) is 2. The van der Waals surface area contributed by atoms with Gasteiger partial charge >= 0.3 is 0 Å². The normalized spacial score (nSPS) is 25.7. The van der Waals surface area contributed by atoms with Crippen LogP contribution in [0.4, 0.5) is 0 Å². The van der Waals surface area contributed by atoms with Crippen LogP contribution in [0.3, 0.4) is 0 Å². The fraction of sp³-hybridized carbons (Fsp3) is 0.536. The number of fused-ring (bicyclic) bond motifs is 1. The number of benzene rings is 1. The van der Waals surface area contributed by atoms with Crippen LogP contribution < -0.4 is 11.1 Å². The lowest BCUT2D eigenvalue weighted by molar-refractivity contribution is -0.133. The molecular formula is C28H38N4O3. The number of aliphatic imine (C=N–C) groups is 1. The van der Waals surface area contributed by atoms with Crippen LogP contribution in [0, 0.1) is 0 Å². The summed E-state index contributed by atoms with van der Waals surface area (Å²) in [6, 6.07) is 5.62. The van der Waals surface area contributed by atoms with Crippen molar-refractivity contribution >= 4 is 17.6 Å². The maximum atomic E-state index is 13.4. The molecule has 7 nitrogen and oxygen atoms in total. The van der Waals surface area contributed by atoms with E-state index in [1.165, 1.54) is 5.56 Å². The number of hydrogen-bond acceptors (Lipinski definition) is 5. The first kappa shape index (κ1) is 25.0. The number of nitrogens with one attached hydrogen (secondary N) is 1. The van der Waals surface area contributed by atoms with Gasteiger partial charge in [-0.2, -0.15) is 0 Å². The van der Waals surface area contributed by atoms with Gasteiger partial charge in [-0.15, -0.1) is 0 Å². The molecule has 0 spiro atoms. The molecule has 0 saturated heterocycles. The molecule has 3 aliphatic rings. The highest BCUT2D eigenvalue weighted by Crippen LogP contribution is 2.38. The summed E-state index contributed by atoms with van der Waals surface area (Å²) >= 11 is 0. The molecule has 2 atom stereocenters. The highest BCUT2D eigenvalue weighted by atomic mass is 16.5. The molecule has 3 N–H and O–H groups in total. The van der Waals surface area contributed by atoms with Gasteiger partial charge < -0.3 is 20.7 Å². The van der Waals surface area contributed by atoms with Gasteiger partial charge in [0.1, 0.15) is 11.4 Å². The number of rotatable bonds is 4. The molecular weight excluding hydrogens is 440 g/mol. The standard InChI is InChI=1S/C28H38N4O3/c1-7-8-20-17(2)35-28(5,6)14-22(20)30-26(34)19-10-9-18-11-12-23(21(18)13-19)32-16-24(29)31-27(3,4)15-25(32)33/h7-10,13,22-23H,11-12,14-16H2,1-6H3,(H2,29,31)(H,30,34)/b8-7-/t22-,23+/m0/s1. The van der Waals surface area contributed by atoms with E-state index in [0.717, 1.165) is 29.7 Å². The topological polar surface area (TPSA) is 97.0 Å². The van der Waals surface area contributed by atoms with E-state index in [4.69, 9.17) is 10.5 Å². The number of amides is 2. The molecule has 7 heteroatoms. The Labute approximate surface area is 208 Å². The Hall–Kier alpha value is -3.09. The van der Waals surface area contributed by atoms with Gasteiger partial charge in [0, 0.05) is 17.6 Å². The van der Waals surface area contributed by atoms with Crippen LogP contribution in [0.15, 0.2) is 46.7 Å². The van der Waals surface area contributed by atoms with Crippen molar-refractivity contribution in [1.82, 2.24) is 10.2 Å². The van der Waals surface area contributed by atoms with E-state index in [1.807, 2.05) is 76.8 Å². The Bertz CT molecular complexity index is 1130. The Balaban J connectivity index is 1.59. The molecule has 1 aromatic carbocycles. The van der Waals surface area contributed by atoms with Gasteiger partial charge in [-0.05, 0) is 77.6 Å². The van der Waals surface area contributed by atoms with Crippen molar-refractivity contribution in [3.63, 3.8) is 0 Å². The summed E-state index contributed by atoms with van der Waals surface area (Å²) in [7, 11) is 0. The minimum absolute atomic E-state index is 0.0490. The fourth-order valence-corrected chi connectivity index (χ4v) is 5.67. The molecule has 2 heterocycles. The average Bonchev–Trinajstić information content (AvgIpc) is 3.11. The molecule has 35 heavy (non-hydrogen) atoms. The van der Waals surface area contributed by atoms with Crippen molar-refractivity contribution in [3.8, 4) is 0 Å². The number of aryl methyl sites for hydroxylation is 1. The lowest BCUT2D eigenvalue weighted by Gasteiger charge is -2.38. The summed E-state index contributed by atoms with van der Waals surface area (Å²) in [6.07, 6.45) is 6.66. The molecule has 0 aromatic heterocycles. The summed E-state index contributed by atoms with van der Waals surface area (Å²) in [5.41, 5.74) is 9.11. The molecule has 0 fully saturated rings. The molecule has 188 valence electrons. The Morgan fingerprint density at radius 2 is 2.03 bits per heavy atom. The number of nitrogens with two attached hydrogens (primary N) is 1. The van der Waals surface area contributed by atoms with Gasteiger partial charge in [-0.3, -0.25) is 14.6 Å². The maximum Gasteiger partial charge on any atom is 0.251 e. The Morgan fingerprint density at radius 1 is 1.29 bits per heavy atom. The van der Waals surface area contributed by atoms with E-state index in [0.29, 0.717) is 30.8 Å². The van der Waals surface area contributed by atoms with Crippen molar-refractivity contribution in [3.05, 3.63) is 58.4 Å². The minimum atomic E-state index is -0.507. The van der Waals surface area contributed by atoms with Gasteiger partial charge in [-0.1, -0.05) is 18.2 Å². The second-order valence-corrected chi connectivity index (χ2v) is 11.2. The van der Waals surface area contributed by atoms with E-state index >= 15 is 0 Å². The van der Waals surface area contributed by atoms with Gasteiger partial charge in [0.05, 0.1) is 36.3 Å². The zero-order chi connectivity index (χ0) is 25.5. The lowest BCUT2D eigenvalue weighted by Crippen LogP contribution is -2.45. The zero-order valence-corrected chi connectivity index (χ0v) is 21.8. The minimum Gasteiger partial charge on any atom is -0.492 e. The number of carbonyl (C=O) groups is 2. The fourth-order valence-electron chi connectivity index (χ4n) is 5.67. The molecule has 2 amide bonds. The van der Waals surface area contributed by atoms with E-state index in [1.54, 1.807) is 0 Å². The number of carbonyl (C=O) groups excluding carboxylic acids is 2. The Kier molecular flexibility index (Phi) is 6.56. The quantitative estimate of drug-likeness (QED) is 0.678. The molecule has 0 saturated carbocycles. The number of nitrogens with zero attached hydrogens (tertiary/aromatic N) is 2. The molecule has 4 rings (SSSR count). The predicted molar refractivity (Wildman–Crippen MR) is 138 cm³/mol. The molecule has 2 aliphatic heterocycles. The summed E-state index contributed by atoms with van der Waals surface area (Å²) in [6.45, 7) is 12.2. The Morgan fingerprint density at radius 3 is 2.74 bits per heavy atom. The van der Waals surface area contributed by atoms with Crippen LogP contribution in [0.25, 0.3) is 0 Å². The second-order valence-electron chi connectivity index (χ2n) is 11.2. The average molecular weight is 479 g/mol. The van der Waals surface area contributed by atoms with E-state index in [-0.39, 0.29) is 29.5 Å². The van der Waals surface area contributed by atoms with Crippen LogP contribution in [0.1, 0.15) is 88.3 Å². The van der Waals surface area contributed by atoms with Crippen LogP contribution in [-0.2, 0) is 16.0 Å². The second kappa shape index (κ2) is 9.17. The van der Waals surface area contributed by atoms with E-state index in [9.17, 15) is 9.59 Å². The predicted octanol–water partition coefficient (Wildman–Crippen LogP) is 4.19. The van der Waals surface area contributed by atoms with E-state index in [2.05, 4.69) is 10.3 Å². The van der Waals surface area contributed by atoms with Gasteiger partial charge in [-0.25, -0.2) is 0 Å². The molecule has 0 radical (unpaired) electrons. The first-order valence-corrected chi connectivity index (χ1v) is 12.5. The third kappa shape index (κ3) is 5.29. The number of allylic oxidation sites excluding steroid dienone is 2. The summed E-state index contributed by atoms with van der Waals surface area (Å²) in [5.74, 6) is 1.23. The zero-order valence-electron chi connectivity index (χ0n) is 21.8. The van der Waals surface area contributed by atoms with Crippen molar-refractivity contribution in [1.29, 1.82) is 0 Å². The third-order valence-corrected chi connectivity index (χ3v) is 7.07. The van der Waals surface area contributed by atoms with Gasteiger partial charge in [0.15, 0.2) is 0 Å². The first-order chi connectivity index (χ1) is 16.4. The first-order valence-electron chi connectivity index (χ1n) is 12.5. The highest BCUT2D eigenvalue weighted by Gasteiger charge is 2.37. The summed E-state index contributed by atoms with van der Waals surface area (Å²) in [4.78, 5) is 32.9. The largest absolute Gasteiger partial charge is 0.492 e. The van der Waals surface area contributed by atoms with Gasteiger partial charge in [0.25, 0.3) is 5.91 Å². The molecule has 1 aliphatic carbocycles. The number of ether oxygens (including phenoxy) is 1. The van der Waals surface area contributed by atoms with Crippen LogP contribution in [0.5, 0.6) is 0 Å². The summed E-state index contributed by atoms with van der Waals surface area (Å²) in [5, 5.41) is 3.23.